The van der Waals surface area contributed by atoms with Crippen molar-refractivity contribution < 1.29 is 37.1 Å². The van der Waals surface area contributed by atoms with Gasteiger partial charge in [-0.2, -0.15) is 18.3 Å². The Morgan fingerprint density at radius 2 is 1.86 bits per heavy atom. The van der Waals surface area contributed by atoms with Crippen LogP contribution in [0.25, 0.3) is 17.1 Å². The van der Waals surface area contributed by atoms with E-state index in [0.717, 1.165) is 6.26 Å². The molecule has 190 valence electrons. The van der Waals surface area contributed by atoms with Crippen molar-refractivity contribution in [3.63, 3.8) is 0 Å². The van der Waals surface area contributed by atoms with Crippen molar-refractivity contribution in [3.05, 3.63) is 77.7 Å². The van der Waals surface area contributed by atoms with E-state index in [9.17, 15) is 27.6 Å². The molecule has 2 amide bonds. The number of alkyl halides is 3. The lowest BCUT2D eigenvalue weighted by Gasteiger charge is -2.05. The number of primary amides is 1. The zero-order valence-corrected chi connectivity index (χ0v) is 18.7. The molecule has 4 rings (SSSR count). The van der Waals surface area contributed by atoms with Crippen LogP contribution in [0.1, 0.15) is 43.4 Å². The van der Waals surface area contributed by atoms with Crippen molar-refractivity contribution >= 4 is 23.5 Å². The molecule has 0 fully saturated rings. The Hall–Kier alpha value is -5.01. The summed E-state index contributed by atoms with van der Waals surface area (Å²) in [6.07, 6.45) is -2.04. The van der Waals surface area contributed by atoms with Gasteiger partial charge >= 0.3 is 12.1 Å². The first kappa shape index (κ1) is 25.1. The molecule has 0 aliphatic rings. The van der Waals surface area contributed by atoms with Crippen LogP contribution in [0.4, 0.5) is 18.9 Å². The number of halogens is 3. The molecule has 14 heteroatoms. The van der Waals surface area contributed by atoms with Gasteiger partial charge in [0.05, 0.1) is 23.1 Å². The SMILES string of the molecule is NC(=O)c1nn(-c2ccc(C(=O)O)cc2)cc1NC(=O)c1coc(-c2ccnc(CCC(F)(F)F)c2)n1. The van der Waals surface area contributed by atoms with Gasteiger partial charge in [-0.05, 0) is 42.8 Å². The molecular formula is C23H17F3N6O5. The van der Waals surface area contributed by atoms with E-state index in [4.69, 9.17) is 15.3 Å². The van der Waals surface area contributed by atoms with Crippen LogP contribution < -0.4 is 11.1 Å². The minimum atomic E-state index is -4.33. The van der Waals surface area contributed by atoms with Crippen LogP contribution in [0.3, 0.4) is 0 Å². The van der Waals surface area contributed by atoms with Gasteiger partial charge in [0.2, 0.25) is 5.89 Å². The predicted molar refractivity (Wildman–Crippen MR) is 121 cm³/mol. The number of hydrogen-bond acceptors (Lipinski definition) is 7. The second-order valence-corrected chi connectivity index (χ2v) is 7.70. The molecule has 0 aliphatic heterocycles. The van der Waals surface area contributed by atoms with E-state index in [1.807, 2.05) is 0 Å². The molecule has 11 nitrogen and oxygen atoms in total. The third-order valence-corrected chi connectivity index (χ3v) is 5.04. The highest BCUT2D eigenvalue weighted by molar-refractivity contribution is 6.07. The summed E-state index contributed by atoms with van der Waals surface area (Å²) >= 11 is 0. The Morgan fingerprint density at radius 1 is 1.14 bits per heavy atom. The van der Waals surface area contributed by atoms with Crippen LogP contribution in [-0.4, -0.2) is 48.8 Å². The van der Waals surface area contributed by atoms with Crippen LogP contribution in [0.15, 0.2) is 59.5 Å². The summed E-state index contributed by atoms with van der Waals surface area (Å²) in [5, 5.41) is 15.5. The highest BCUT2D eigenvalue weighted by atomic mass is 19.4. The van der Waals surface area contributed by atoms with Gasteiger partial charge in [-0.3, -0.25) is 14.6 Å². The molecule has 3 heterocycles. The Bertz CT molecular complexity index is 1480. The fraction of sp³-hybridized carbons (Fsp3) is 0.130. The topological polar surface area (TPSA) is 166 Å². The second-order valence-electron chi connectivity index (χ2n) is 7.70. The highest BCUT2D eigenvalue weighted by Crippen LogP contribution is 2.25. The van der Waals surface area contributed by atoms with Gasteiger partial charge in [0, 0.05) is 23.9 Å². The molecule has 37 heavy (non-hydrogen) atoms. The molecule has 0 saturated carbocycles. The number of nitrogens with one attached hydrogen (secondary N) is 1. The molecule has 3 aromatic heterocycles. The van der Waals surface area contributed by atoms with E-state index >= 15 is 0 Å². The fourth-order valence-corrected chi connectivity index (χ4v) is 3.25. The summed E-state index contributed by atoms with van der Waals surface area (Å²) in [4.78, 5) is 43.6. The first-order valence-electron chi connectivity index (χ1n) is 10.5. The first-order valence-corrected chi connectivity index (χ1v) is 10.5. The van der Waals surface area contributed by atoms with Gasteiger partial charge in [0.15, 0.2) is 11.4 Å². The minimum absolute atomic E-state index is 0.0230. The van der Waals surface area contributed by atoms with Gasteiger partial charge in [0.1, 0.15) is 6.26 Å². The molecular weight excluding hydrogens is 497 g/mol. The molecule has 0 saturated heterocycles. The Morgan fingerprint density at radius 3 is 2.51 bits per heavy atom. The van der Waals surface area contributed by atoms with Gasteiger partial charge in [0.25, 0.3) is 11.8 Å². The standard InChI is InChI=1S/C23H17F3N6O5/c24-23(25,26)7-5-14-9-13(6-8-28-14)21-30-17(11-37-21)20(34)29-16-10-32(31-18(16)19(27)33)15-3-1-12(2-4-15)22(35)36/h1-4,6,8-11H,5,7H2,(H2,27,33)(H,29,34)(H,35,36). The second kappa shape index (κ2) is 9.93. The lowest BCUT2D eigenvalue weighted by atomic mass is 10.1. The number of carbonyl (C=O) groups excluding carboxylic acids is 2. The van der Waals surface area contributed by atoms with Crippen molar-refractivity contribution in [2.75, 3.05) is 5.32 Å². The van der Waals surface area contributed by atoms with Crippen molar-refractivity contribution in [2.24, 2.45) is 5.73 Å². The average molecular weight is 514 g/mol. The zero-order chi connectivity index (χ0) is 26.7. The van der Waals surface area contributed by atoms with Gasteiger partial charge < -0.3 is 20.6 Å². The van der Waals surface area contributed by atoms with Gasteiger partial charge in [-0.15, -0.1) is 0 Å². The number of oxazole rings is 1. The number of aryl methyl sites for hydroxylation is 1. The average Bonchev–Trinajstić information content (AvgIpc) is 3.51. The summed E-state index contributed by atoms with van der Waals surface area (Å²) in [6, 6.07) is 8.43. The summed E-state index contributed by atoms with van der Waals surface area (Å²) in [5.74, 6) is -2.84. The minimum Gasteiger partial charge on any atom is -0.478 e. The molecule has 0 unspecified atom stereocenters. The van der Waals surface area contributed by atoms with Crippen LogP contribution in [-0.2, 0) is 6.42 Å². The predicted octanol–water partition coefficient (Wildman–Crippen LogP) is 3.47. The Balaban J connectivity index is 1.53. The third-order valence-electron chi connectivity index (χ3n) is 5.04. The monoisotopic (exact) mass is 514 g/mol. The summed E-state index contributed by atoms with van der Waals surface area (Å²) in [5.41, 5.74) is 5.83. The first-order chi connectivity index (χ1) is 17.5. The van der Waals surface area contributed by atoms with Gasteiger partial charge in [-0.1, -0.05) is 0 Å². The summed E-state index contributed by atoms with van der Waals surface area (Å²) < 4.78 is 44.0. The smallest absolute Gasteiger partial charge is 0.389 e. The molecule has 4 aromatic rings. The van der Waals surface area contributed by atoms with Crippen molar-refractivity contribution in [3.8, 4) is 17.1 Å². The van der Waals surface area contributed by atoms with Crippen molar-refractivity contribution in [1.29, 1.82) is 0 Å². The lowest BCUT2D eigenvalue weighted by Crippen LogP contribution is -2.18. The maximum absolute atomic E-state index is 12.8. The molecule has 0 spiro atoms. The van der Waals surface area contributed by atoms with E-state index in [1.54, 1.807) is 0 Å². The number of hydrogen-bond donors (Lipinski definition) is 3. The number of nitrogens with two attached hydrogens (primary N) is 1. The number of carboxylic acid groups (broad SMARTS) is 1. The van der Waals surface area contributed by atoms with E-state index in [0.29, 0.717) is 11.3 Å². The van der Waals surface area contributed by atoms with E-state index in [-0.39, 0.29) is 40.6 Å². The normalized spacial score (nSPS) is 11.3. The number of carbonyl (C=O) groups is 3. The number of amides is 2. The number of pyridine rings is 1. The van der Waals surface area contributed by atoms with Crippen LogP contribution in [0, 0.1) is 0 Å². The van der Waals surface area contributed by atoms with Gasteiger partial charge in [-0.25, -0.2) is 14.5 Å². The van der Waals surface area contributed by atoms with E-state index in [2.05, 4.69) is 20.4 Å². The lowest BCUT2D eigenvalue weighted by molar-refractivity contribution is -0.134. The Kier molecular flexibility index (Phi) is 6.73. The number of benzene rings is 1. The van der Waals surface area contributed by atoms with Crippen molar-refractivity contribution in [2.45, 2.75) is 19.0 Å². The van der Waals surface area contributed by atoms with Crippen molar-refractivity contribution in [1.82, 2.24) is 19.7 Å². The summed E-state index contributed by atoms with van der Waals surface area (Å²) in [7, 11) is 0. The van der Waals surface area contributed by atoms with Crippen LogP contribution in [0.2, 0.25) is 0 Å². The number of aromatic nitrogens is 4. The largest absolute Gasteiger partial charge is 0.478 e. The Labute approximate surface area is 205 Å². The zero-order valence-electron chi connectivity index (χ0n) is 18.7. The molecule has 0 atom stereocenters. The van der Waals surface area contributed by atoms with E-state index in [1.165, 1.54) is 53.5 Å². The molecule has 0 bridgehead atoms. The number of rotatable bonds is 8. The van der Waals surface area contributed by atoms with Crippen LogP contribution >= 0.6 is 0 Å². The molecule has 0 aliphatic carbocycles. The maximum atomic E-state index is 12.8. The molecule has 4 N–H and O–H groups in total. The maximum Gasteiger partial charge on any atom is 0.389 e. The number of aromatic carboxylic acids is 1. The van der Waals surface area contributed by atoms with Crippen LogP contribution in [0.5, 0.6) is 0 Å². The fourth-order valence-electron chi connectivity index (χ4n) is 3.25. The number of anilines is 1. The summed E-state index contributed by atoms with van der Waals surface area (Å²) in [6.45, 7) is 0. The van der Waals surface area contributed by atoms with E-state index < -0.39 is 30.4 Å². The molecule has 0 radical (unpaired) electrons. The number of carboxylic acids is 1. The molecule has 1 aromatic carbocycles. The third kappa shape index (κ3) is 5.98. The quantitative estimate of drug-likeness (QED) is 0.321. The number of nitrogens with zero attached hydrogens (tertiary/aromatic N) is 4. The highest BCUT2D eigenvalue weighted by Gasteiger charge is 2.27.